The first-order valence-corrected chi connectivity index (χ1v) is 4.85. The third-order valence-corrected chi connectivity index (χ3v) is 1.09. The first kappa shape index (κ1) is 18.0. The van der Waals surface area contributed by atoms with Gasteiger partial charge in [-0.2, -0.15) is 0 Å². The Morgan fingerprint density at radius 1 is 1.00 bits per heavy atom. The van der Waals surface area contributed by atoms with E-state index in [1.807, 2.05) is 66.7 Å². The summed E-state index contributed by atoms with van der Waals surface area (Å²) >= 11 is 0. The fourth-order valence-corrected chi connectivity index (χ4v) is 0.269. The van der Waals surface area contributed by atoms with E-state index in [9.17, 15) is 0 Å². The van der Waals surface area contributed by atoms with E-state index in [0.29, 0.717) is 0 Å². The topological polar surface area (TPSA) is 0 Å². The summed E-state index contributed by atoms with van der Waals surface area (Å²) in [6.07, 6.45) is 6.00. The minimum absolute atomic E-state index is 1.14. The van der Waals surface area contributed by atoms with Gasteiger partial charge >= 0.3 is 0 Å². The molecule has 13 heavy (non-hydrogen) atoms. The van der Waals surface area contributed by atoms with E-state index in [4.69, 9.17) is 0 Å². The van der Waals surface area contributed by atoms with Crippen LogP contribution in [0.1, 0.15) is 48.5 Å². The first-order valence-electron chi connectivity index (χ1n) is 4.85. The maximum Gasteiger partial charge on any atom is -0.00234 e. The Morgan fingerprint density at radius 3 is 1.46 bits per heavy atom. The van der Waals surface area contributed by atoms with Crippen LogP contribution in [-0.4, -0.2) is 0 Å². The lowest BCUT2D eigenvalue weighted by molar-refractivity contribution is 1.50. The lowest BCUT2D eigenvalue weighted by Crippen LogP contribution is -1.61. The number of hydrogen-bond donors (Lipinski definition) is 0. The minimum atomic E-state index is 1.14. The minimum Gasteiger partial charge on any atom is -0.102 e. The van der Waals surface area contributed by atoms with E-state index in [1.54, 1.807) is 0 Å². The van der Waals surface area contributed by atoms with Crippen molar-refractivity contribution in [2.24, 2.45) is 0 Å². The zero-order chi connectivity index (χ0) is 11.1. The molecule has 0 aliphatic rings. The number of allylic oxidation sites excluding steroid dienone is 4. The second kappa shape index (κ2) is 22.5. The third-order valence-electron chi connectivity index (χ3n) is 1.09. The second-order valence-corrected chi connectivity index (χ2v) is 2.01. The molecule has 0 rings (SSSR count). The Morgan fingerprint density at radius 2 is 1.38 bits per heavy atom. The van der Waals surface area contributed by atoms with E-state index < -0.39 is 0 Å². The molecular formula is C13H24. The molecule has 0 N–H and O–H groups in total. The molecule has 0 aromatic heterocycles. The van der Waals surface area contributed by atoms with Crippen LogP contribution in [0.4, 0.5) is 0 Å². The fraction of sp³-hybridized carbons (Fsp3) is 0.538. The maximum atomic E-state index is 2.91. The Hall–Kier alpha value is -0.960. The van der Waals surface area contributed by atoms with E-state index in [0.717, 1.165) is 5.57 Å². The van der Waals surface area contributed by atoms with Crippen LogP contribution in [0, 0.1) is 11.8 Å². The predicted molar refractivity (Wildman–Crippen MR) is 64.7 cm³/mol. The van der Waals surface area contributed by atoms with Gasteiger partial charge in [-0.25, -0.2) is 0 Å². The molecule has 0 saturated heterocycles. The van der Waals surface area contributed by atoms with Gasteiger partial charge in [0, 0.05) is 0 Å². The van der Waals surface area contributed by atoms with Crippen LogP contribution in [0.25, 0.3) is 0 Å². The molecule has 0 atom stereocenters. The van der Waals surface area contributed by atoms with Crippen molar-refractivity contribution in [3.8, 4) is 11.8 Å². The second-order valence-electron chi connectivity index (χ2n) is 2.01. The highest BCUT2D eigenvalue weighted by atomic mass is 13.7. The molecule has 0 spiro atoms. The van der Waals surface area contributed by atoms with Crippen molar-refractivity contribution in [2.75, 3.05) is 0 Å². The molecule has 0 aromatic rings. The van der Waals surface area contributed by atoms with Gasteiger partial charge in [0.05, 0.1) is 0 Å². The normalized spacial score (nSPS) is 8.69. The Labute approximate surface area is 84.8 Å². The summed E-state index contributed by atoms with van der Waals surface area (Å²) in [5, 5.41) is 0. The Kier molecular flexibility index (Phi) is 31.0. The molecule has 0 aliphatic carbocycles. The Balaban J connectivity index is -0.000000142. The van der Waals surface area contributed by atoms with Crippen molar-refractivity contribution in [1.82, 2.24) is 0 Å². The average Bonchev–Trinajstić information content (AvgIpc) is 2.21. The summed E-state index contributed by atoms with van der Waals surface area (Å²) < 4.78 is 0. The lowest BCUT2D eigenvalue weighted by Gasteiger charge is -1.76. The molecule has 0 heterocycles. The van der Waals surface area contributed by atoms with Crippen LogP contribution in [-0.2, 0) is 0 Å². The number of hydrogen-bond acceptors (Lipinski definition) is 0. The Bertz CT molecular complexity index is 168. The van der Waals surface area contributed by atoms with Gasteiger partial charge in [-0.1, -0.05) is 38.0 Å². The summed E-state index contributed by atoms with van der Waals surface area (Å²) in [6, 6.07) is 0. The zero-order valence-electron chi connectivity index (χ0n) is 10.2. The third kappa shape index (κ3) is 35.5. The molecular weight excluding hydrogens is 156 g/mol. The van der Waals surface area contributed by atoms with Gasteiger partial charge in [-0.05, 0) is 40.2 Å². The molecule has 0 fully saturated rings. The summed E-state index contributed by atoms with van der Waals surface area (Å²) in [5.74, 6) is 5.71. The molecule has 76 valence electrons. The smallest absolute Gasteiger partial charge is 0.00234 e. The summed E-state index contributed by atoms with van der Waals surface area (Å²) in [5.41, 5.74) is 1.14. The molecule has 0 amide bonds. The molecule has 0 heteroatoms. The summed E-state index contributed by atoms with van der Waals surface area (Å²) in [6.45, 7) is 13.8. The van der Waals surface area contributed by atoms with Crippen LogP contribution in [0.2, 0.25) is 0 Å². The van der Waals surface area contributed by atoms with Gasteiger partial charge in [0.25, 0.3) is 0 Å². The number of rotatable bonds is 0. The highest BCUT2D eigenvalue weighted by Gasteiger charge is 1.68. The van der Waals surface area contributed by atoms with Gasteiger partial charge in [-0.15, -0.1) is 5.92 Å². The predicted octanol–water partition coefficient (Wildman–Crippen LogP) is 4.58. The quantitative estimate of drug-likeness (QED) is 0.378. The van der Waals surface area contributed by atoms with Crippen molar-refractivity contribution in [1.29, 1.82) is 0 Å². The SMILES string of the molecule is C/C=C\C.CC.CC#C/C(C)=C\C. The van der Waals surface area contributed by atoms with Crippen LogP contribution >= 0.6 is 0 Å². The van der Waals surface area contributed by atoms with Crippen LogP contribution in [0.5, 0.6) is 0 Å². The monoisotopic (exact) mass is 180 g/mol. The lowest BCUT2D eigenvalue weighted by atomic mass is 10.3. The van der Waals surface area contributed by atoms with Crippen molar-refractivity contribution in [3.63, 3.8) is 0 Å². The molecule has 0 bridgehead atoms. The first-order chi connectivity index (χ1) is 6.22. The highest BCUT2D eigenvalue weighted by molar-refractivity contribution is 5.24. The van der Waals surface area contributed by atoms with E-state index in [1.165, 1.54) is 0 Å². The van der Waals surface area contributed by atoms with Crippen LogP contribution < -0.4 is 0 Å². The van der Waals surface area contributed by atoms with Gasteiger partial charge in [0.1, 0.15) is 0 Å². The molecule has 0 saturated carbocycles. The van der Waals surface area contributed by atoms with Crippen molar-refractivity contribution >= 4 is 0 Å². The largest absolute Gasteiger partial charge is 0.102 e. The van der Waals surface area contributed by atoms with Crippen molar-refractivity contribution < 1.29 is 0 Å². The average molecular weight is 180 g/mol. The molecule has 0 unspecified atom stereocenters. The summed E-state index contributed by atoms with van der Waals surface area (Å²) in [4.78, 5) is 0. The zero-order valence-corrected chi connectivity index (χ0v) is 10.2. The fourth-order valence-electron chi connectivity index (χ4n) is 0.269. The van der Waals surface area contributed by atoms with Crippen molar-refractivity contribution in [3.05, 3.63) is 23.8 Å². The van der Waals surface area contributed by atoms with Gasteiger partial charge in [-0.3, -0.25) is 0 Å². The van der Waals surface area contributed by atoms with Gasteiger partial charge < -0.3 is 0 Å². The maximum absolute atomic E-state index is 2.91. The van der Waals surface area contributed by atoms with Crippen LogP contribution in [0.3, 0.4) is 0 Å². The highest BCUT2D eigenvalue weighted by Crippen LogP contribution is 1.84. The van der Waals surface area contributed by atoms with Crippen molar-refractivity contribution in [2.45, 2.75) is 48.5 Å². The van der Waals surface area contributed by atoms with Gasteiger partial charge in [0.15, 0.2) is 0 Å². The molecule has 0 aromatic carbocycles. The van der Waals surface area contributed by atoms with E-state index in [2.05, 4.69) is 11.8 Å². The van der Waals surface area contributed by atoms with Gasteiger partial charge in [0.2, 0.25) is 0 Å². The molecule has 0 aliphatic heterocycles. The molecule has 0 nitrogen and oxygen atoms in total. The van der Waals surface area contributed by atoms with E-state index >= 15 is 0 Å². The molecule has 0 radical (unpaired) electrons. The van der Waals surface area contributed by atoms with E-state index in [-0.39, 0.29) is 0 Å². The standard InChI is InChI=1S/C7H10.C4H8.C2H6/c1-4-6-7(3)5-2;1-3-4-2;1-2/h5H,1-3H3;3-4H,1-2H3;1-2H3/b7-5-;4-3-;. The van der Waals surface area contributed by atoms with Crippen LogP contribution in [0.15, 0.2) is 23.8 Å². The summed E-state index contributed by atoms with van der Waals surface area (Å²) in [7, 11) is 0.